The first-order valence-corrected chi connectivity index (χ1v) is 9.28. The first kappa shape index (κ1) is 16.7. The molecule has 3 aromatic rings. The van der Waals surface area contributed by atoms with Gasteiger partial charge in [0.25, 0.3) is 0 Å². The third kappa shape index (κ3) is 2.84. The summed E-state index contributed by atoms with van der Waals surface area (Å²) >= 11 is 1.56. The van der Waals surface area contributed by atoms with E-state index in [0.717, 1.165) is 28.1 Å². The third-order valence-electron chi connectivity index (χ3n) is 4.43. The summed E-state index contributed by atoms with van der Waals surface area (Å²) in [4.78, 5) is 16.7. The van der Waals surface area contributed by atoms with Crippen molar-refractivity contribution in [2.45, 2.75) is 12.2 Å². The van der Waals surface area contributed by atoms with E-state index in [0.29, 0.717) is 11.6 Å². The summed E-state index contributed by atoms with van der Waals surface area (Å²) < 4.78 is 1.70. The molecule has 1 aromatic carbocycles. The highest BCUT2D eigenvalue weighted by molar-refractivity contribution is 8.00. The predicted octanol–water partition coefficient (Wildman–Crippen LogP) is 3.27. The van der Waals surface area contributed by atoms with Crippen LogP contribution < -0.4 is 5.32 Å². The van der Waals surface area contributed by atoms with Gasteiger partial charge in [-0.25, -0.2) is 0 Å². The van der Waals surface area contributed by atoms with E-state index in [9.17, 15) is 9.90 Å². The maximum absolute atomic E-state index is 12.2. The molecule has 0 bridgehead atoms. The lowest BCUT2D eigenvalue weighted by Crippen LogP contribution is -2.15. The second-order valence-electron chi connectivity index (χ2n) is 6.23. The van der Waals surface area contributed by atoms with Crippen LogP contribution in [0.2, 0.25) is 0 Å². The van der Waals surface area contributed by atoms with Crippen LogP contribution in [0, 0.1) is 6.92 Å². The number of hydrogen-bond donors (Lipinski definition) is 2. The van der Waals surface area contributed by atoms with Crippen molar-refractivity contribution in [3.63, 3.8) is 0 Å². The second-order valence-corrected chi connectivity index (χ2v) is 7.32. The van der Waals surface area contributed by atoms with Gasteiger partial charge in [-0.3, -0.25) is 14.5 Å². The summed E-state index contributed by atoms with van der Waals surface area (Å²) in [5.74, 6) is 1.22. The fourth-order valence-corrected chi connectivity index (χ4v) is 4.46. The zero-order valence-electron chi connectivity index (χ0n) is 14.4. The van der Waals surface area contributed by atoms with Crippen molar-refractivity contribution < 1.29 is 9.90 Å². The fraction of sp³-hybridized carbons (Fsp3) is 0.211. The Morgan fingerprint density at radius 2 is 2.15 bits per heavy atom. The number of fused-ring (bicyclic) bond motifs is 1. The normalized spacial score (nSPS) is 16.7. The lowest BCUT2D eigenvalue weighted by atomic mass is 9.98. The Morgan fingerprint density at radius 1 is 1.31 bits per heavy atom. The predicted molar refractivity (Wildman–Crippen MR) is 102 cm³/mol. The molecule has 3 heterocycles. The number of nitrogens with zero attached hydrogens (tertiary/aromatic N) is 3. The van der Waals surface area contributed by atoms with Gasteiger partial charge in [0.15, 0.2) is 0 Å². The van der Waals surface area contributed by atoms with E-state index in [4.69, 9.17) is 0 Å². The van der Waals surface area contributed by atoms with Gasteiger partial charge < -0.3 is 10.4 Å². The van der Waals surface area contributed by atoms with Crippen LogP contribution in [0.4, 0.5) is 5.82 Å². The number of phenolic OH excluding ortho intramolecular Hbond substituents is 1. The average Bonchev–Trinajstić information content (AvgIpc) is 2.83. The molecule has 7 heteroatoms. The summed E-state index contributed by atoms with van der Waals surface area (Å²) in [6.07, 6.45) is 1.74. The van der Waals surface area contributed by atoms with E-state index >= 15 is 0 Å². The maximum atomic E-state index is 12.2. The summed E-state index contributed by atoms with van der Waals surface area (Å²) in [6, 6.07) is 11.0. The molecule has 0 saturated carbocycles. The molecule has 0 radical (unpaired) electrons. The first-order chi connectivity index (χ1) is 12.5. The molecule has 6 nitrogen and oxygen atoms in total. The number of carbonyl (C=O) groups excluding carboxylic acids is 1. The summed E-state index contributed by atoms with van der Waals surface area (Å²) in [5.41, 5.74) is 4.49. The van der Waals surface area contributed by atoms with Crippen LogP contribution >= 0.6 is 11.8 Å². The Labute approximate surface area is 155 Å². The Balaban J connectivity index is 1.95. The number of amides is 1. The number of anilines is 1. The lowest BCUT2D eigenvalue weighted by molar-refractivity contribution is -0.113. The Morgan fingerprint density at radius 3 is 2.88 bits per heavy atom. The number of benzene rings is 1. The van der Waals surface area contributed by atoms with Crippen molar-refractivity contribution in [2.75, 3.05) is 11.1 Å². The number of nitrogens with one attached hydrogen (secondary N) is 1. The average molecular weight is 366 g/mol. The van der Waals surface area contributed by atoms with E-state index in [1.807, 2.05) is 38.2 Å². The molecule has 26 heavy (non-hydrogen) atoms. The summed E-state index contributed by atoms with van der Waals surface area (Å²) in [7, 11) is 1.82. The zero-order valence-corrected chi connectivity index (χ0v) is 15.2. The molecular formula is C19H18N4O2S. The van der Waals surface area contributed by atoms with Crippen molar-refractivity contribution in [3.05, 3.63) is 59.3 Å². The molecule has 0 spiro atoms. The van der Waals surface area contributed by atoms with Crippen LogP contribution in [-0.4, -0.2) is 31.5 Å². The number of aromatic nitrogens is 3. The molecule has 1 amide bonds. The summed E-state index contributed by atoms with van der Waals surface area (Å²) in [5, 5.41) is 17.3. The Hall–Kier alpha value is -2.80. The molecule has 1 aliphatic heterocycles. The SMILES string of the molecule is Cc1cc(O)ccc1C1SCC(=O)Nc2c1c(-c1ccccn1)nn2C. The number of aromatic hydroxyl groups is 1. The topological polar surface area (TPSA) is 80.0 Å². The minimum absolute atomic E-state index is 0.0502. The van der Waals surface area contributed by atoms with Crippen LogP contribution in [-0.2, 0) is 11.8 Å². The van der Waals surface area contributed by atoms with Crippen molar-refractivity contribution in [2.24, 2.45) is 7.05 Å². The first-order valence-electron chi connectivity index (χ1n) is 8.24. The van der Waals surface area contributed by atoms with E-state index in [1.54, 1.807) is 34.8 Å². The number of hydrogen-bond acceptors (Lipinski definition) is 5. The number of phenols is 1. The number of pyridine rings is 1. The third-order valence-corrected chi connectivity index (χ3v) is 5.68. The molecule has 1 atom stereocenters. The van der Waals surface area contributed by atoms with Gasteiger partial charge in [0.2, 0.25) is 5.91 Å². The molecule has 132 valence electrons. The van der Waals surface area contributed by atoms with Crippen LogP contribution in [0.3, 0.4) is 0 Å². The van der Waals surface area contributed by atoms with E-state index < -0.39 is 0 Å². The number of rotatable bonds is 2. The highest BCUT2D eigenvalue weighted by Gasteiger charge is 2.32. The van der Waals surface area contributed by atoms with Gasteiger partial charge in [-0.2, -0.15) is 5.10 Å². The fourth-order valence-electron chi connectivity index (χ4n) is 3.24. The highest BCUT2D eigenvalue weighted by Crippen LogP contribution is 2.46. The molecular weight excluding hydrogens is 348 g/mol. The van der Waals surface area contributed by atoms with E-state index in [2.05, 4.69) is 15.4 Å². The van der Waals surface area contributed by atoms with E-state index in [-0.39, 0.29) is 16.9 Å². The van der Waals surface area contributed by atoms with Crippen molar-refractivity contribution >= 4 is 23.5 Å². The standard InChI is InChI=1S/C19H18N4O2S/c1-11-9-12(24)6-7-13(11)18-16-17(14-5-3-4-8-20-14)22-23(2)19(16)21-15(25)10-26-18/h3-9,18,24H,10H2,1-2H3,(H,21,25). The molecule has 0 saturated heterocycles. The van der Waals surface area contributed by atoms with Gasteiger partial charge in [-0.1, -0.05) is 12.1 Å². The molecule has 1 aliphatic rings. The number of carbonyl (C=O) groups is 1. The van der Waals surface area contributed by atoms with Crippen LogP contribution in [0.15, 0.2) is 42.6 Å². The molecule has 0 fully saturated rings. The minimum atomic E-state index is -0.0877. The smallest absolute Gasteiger partial charge is 0.235 e. The molecule has 4 rings (SSSR count). The largest absolute Gasteiger partial charge is 0.508 e. The van der Waals surface area contributed by atoms with Crippen molar-refractivity contribution in [1.82, 2.24) is 14.8 Å². The van der Waals surface area contributed by atoms with Crippen molar-refractivity contribution in [1.29, 1.82) is 0 Å². The van der Waals surface area contributed by atoms with Crippen LogP contribution in [0.25, 0.3) is 11.4 Å². The lowest BCUT2D eigenvalue weighted by Gasteiger charge is -2.18. The monoisotopic (exact) mass is 366 g/mol. The zero-order chi connectivity index (χ0) is 18.3. The van der Waals surface area contributed by atoms with Gasteiger partial charge in [0, 0.05) is 18.8 Å². The summed E-state index contributed by atoms with van der Waals surface area (Å²) in [6.45, 7) is 1.96. The van der Waals surface area contributed by atoms with Gasteiger partial charge >= 0.3 is 0 Å². The van der Waals surface area contributed by atoms with Gasteiger partial charge in [-0.15, -0.1) is 11.8 Å². The van der Waals surface area contributed by atoms with Crippen LogP contribution in [0.1, 0.15) is 21.9 Å². The maximum Gasteiger partial charge on any atom is 0.235 e. The Bertz CT molecular complexity index is 985. The number of thioether (sulfide) groups is 1. The molecule has 0 aliphatic carbocycles. The Kier molecular flexibility index (Phi) is 4.16. The van der Waals surface area contributed by atoms with Gasteiger partial charge in [0.05, 0.1) is 16.7 Å². The number of aryl methyl sites for hydroxylation is 2. The molecule has 1 unspecified atom stereocenters. The van der Waals surface area contributed by atoms with Crippen LogP contribution in [0.5, 0.6) is 5.75 Å². The van der Waals surface area contributed by atoms with Crippen molar-refractivity contribution in [3.8, 4) is 17.1 Å². The molecule has 2 N–H and O–H groups in total. The van der Waals surface area contributed by atoms with E-state index in [1.165, 1.54) is 0 Å². The minimum Gasteiger partial charge on any atom is -0.508 e. The van der Waals surface area contributed by atoms with Gasteiger partial charge in [0.1, 0.15) is 17.3 Å². The van der Waals surface area contributed by atoms with Gasteiger partial charge in [-0.05, 0) is 42.3 Å². The molecule has 2 aromatic heterocycles. The quantitative estimate of drug-likeness (QED) is 0.728. The second kappa shape index (κ2) is 6.49. The highest BCUT2D eigenvalue weighted by atomic mass is 32.2.